The van der Waals surface area contributed by atoms with Gasteiger partial charge in [-0.05, 0) is 110 Å². The molecule has 0 aliphatic heterocycles. The zero-order valence-corrected chi connectivity index (χ0v) is 20.9. The monoisotopic (exact) mass is 414 g/mol. The van der Waals surface area contributed by atoms with Crippen molar-refractivity contribution in [2.45, 2.75) is 118 Å². The van der Waals surface area contributed by atoms with Gasteiger partial charge in [-0.2, -0.15) is 0 Å². The van der Waals surface area contributed by atoms with Crippen LogP contribution in [0.5, 0.6) is 0 Å². The van der Waals surface area contributed by atoms with Gasteiger partial charge in [-0.1, -0.05) is 66.0 Å². The van der Waals surface area contributed by atoms with Gasteiger partial charge in [0.2, 0.25) is 0 Å². The zero-order valence-electron chi connectivity index (χ0n) is 20.9. The van der Waals surface area contributed by atoms with Crippen molar-refractivity contribution in [1.82, 2.24) is 0 Å². The number of hydrogen-bond donors (Lipinski definition) is 1. The predicted molar refractivity (Wildman–Crippen MR) is 128 cm³/mol. The number of aliphatic hydroxyl groups excluding tert-OH is 1. The average molecular weight is 415 g/mol. The SMILES string of the molecule is CC[C@@H](CC[C@@H](C)[C@H]1CC[C@H]2C3=CC[C@@H]4C[C@@H](O)CC[C@]4(C)[C@H]3CC[C@]12C)C(C)C. The number of hydrogen-bond acceptors (Lipinski definition) is 1. The van der Waals surface area contributed by atoms with Crippen molar-refractivity contribution in [2.24, 2.45) is 52.3 Å². The van der Waals surface area contributed by atoms with E-state index in [1.54, 1.807) is 0 Å². The molecular formula is C29H50O. The molecule has 0 aromatic heterocycles. The van der Waals surface area contributed by atoms with E-state index in [0.717, 1.165) is 54.3 Å². The lowest BCUT2D eigenvalue weighted by Crippen LogP contribution is -2.49. The Bertz CT molecular complexity index is 634. The van der Waals surface area contributed by atoms with Gasteiger partial charge in [0.15, 0.2) is 0 Å². The summed E-state index contributed by atoms with van der Waals surface area (Å²) in [6.07, 6.45) is 17.2. The van der Waals surface area contributed by atoms with Crippen LogP contribution in [-0.4, -0.2) is 11.2 Å². The molecule has 9 atom stereocenters. The maximum atomic E-state index is 10.3. The highest BCUT2D eigenvalue weighted by atomic mass is 16.3. The van der Waals surface area contributed by atoms with Gasteiger partial charge < -0.3 is 5.11 Å². The van der Waals surface area contributed by atoms with Gasteiger partial charge in [0.1, 0.15) is 0 Å². The minimum Gasteiger partial charge on any atom is -0.393 e. The standard InChI is InChI=1S/C29H50O/c1-7-21(19(2)3)9-8-20(4)25-12-13-26-24-11-10-22-18-23(30)14-16-28(22,5)27(24)15-17-29(25,26)6/h11,19-23,25-27,30H,7-10,12-18H2,1-6H3/t20-,21+,22-,23+,25-,26+,27+,28+,29-/m1/s1. The van der Waals surface area contributed by atoms with Gasteiger partial charge in [0.25, 0.3) is 0 Å². The average Bonchev–Trinajstić information content (AvgIpc) is 3.06. The Morgan fingerprint density at radius 3 is 2.37 bits per heavy atom. The molecule has 30 heavy (non-hydrogen) atoms. The smallest absolute Gasteiger partial charge is 0.0543 e. The third kappa shape index (κ3) is 3.74. The minimum absolute atomic E-state index is 0.0404. The summed E-state index contributed by atoms with van der Waals surface area (Å²) in [7, 11) is 0. The van der Waals surface area contributed by atoms with E-state index >= 15 is 0 Å². The van der Waals surface area contributed by atoms with Gasteiger partial charge in [-0.15, -0.1) is 0 Å². The van der Waals surface area contributed by atoms with Gasteiger partial charge in [0.05, 0.1) is 6.10 Å². The van der Waals surface area contributed by atoms with Crippen molar-refractivity contribution in [3.8, 4) is 0 Å². The molecule has 0 bridgehead atoms. The largest absolute Gasteiger partial charge is 0.393 e. The summed E-state index contributed by atoms with van der Waals surface area (Å²) in [5.41, 5.74) is 2.88. The van der Waals surface area contributed by atoms with E-state index in [2.05, 4.69) is 47.6 Å². The molecule has 0 aromatic carbocycles. The fraction of sp³-hybridized carbons (Fsp3) is 0.931. The van der Waals surface area contributed by atoms with E-state index in [4.69, 9.17) is 0 Å². The van der Waals surface area contributed by atoms with Crippen LogP contribution < -0.4 is 0 Å². The first-order valence-electron chi connectivity index (χ1n) is 13.6. The Hall–Kier alpha value is -0.300. The molecule has 0 radical (unpaired) electrons. The first-order valence-corrected chi connectivity index (χ1v) is 13.6. The highest BCUT2D eigenvalue weighted by Gasteiger charge is 2.58. The van der Waals surface area contributed by atoms with Crippen molar-refractivity contribution < 1.29 is 5.11 Å². The molecule has 3 saturated carbocycles. The number of allylic oxidation sites excluding steroid dienone is 2. The van der Waals surface area contributed by atoms with Crippen molar-refractivity contribution >= 4 is 0 Å². The Morgan fingerprint density at radius 1 is 0.967 bits per heavy atom. The van der Waals surface area contributed by atoms with Crippen LogP contribution >= 0.6 is 0 Å². The maximum absolute atomic E-state index is 10.3. The van der Waals surface area contributed by atoms with Crippen LogP contribution in [0.3, 0.4) is 0 Å². The zero-order chi connectivity index (χ0) is 21.7. The molecule has 1 nitrogen and oxygen atoms in total. The molecule has 0 saturated heterocycles. The molecule has 0 spiro atoms. The van der Waals surface area contributed by atoms with Crippen molar-refractivity contribution in [1.29, 1.82) is 0 Å². The molecule has 0 aromatic rings. The summed E-state index contributed by atoms with van der Waals surface area (Å²) in [6, 6.07) is 0. The lowest BCUT2D eigenvalue weighted by molar-refractivity contribution is -0.0428. The molecule has 0 heterocycles. The summed E-state index contributed by atoms with van der Waals surface area (Å²) in [5, 5.41) is 10.3. The first-order chi connectivity index (χ1) is 14.2. The highest BCUT2D eigenvalue weighted by Crippen LogP contribution is 2.67. The predicted octanol–water partition coefficient (Wildman–Crippen LogP) is 8.02. The van der Waals surface area contributed by atoms with Gasteiger partial charge in [-0.3, -0.25) is 0 Å². The maximum Gasteiger partial charge on any atom is 0.0543 e. The van der Waals surface area contributed by atoms with Crippen LogP contribution in [0.25, 0.3) is 0 Å². The topological polar surface area (TPSA) is 20.2 Å². The summed E-state index contributed by atoms with van der Waals surface area (Å²) in [4.78, 5) is 0. The van der Waals surface area contributed by atoms with Crippen LogP contribution in [0.1, 0.15) is 112 Å². The number of rotatable bonds is 6. The molecular weight excluding hydrogens is 364 g/mol. The lowest BCUT2D eigenvalue weighted by atomic mass is 9.47. The van der Waals surface area contributed by atoms with E-state index in [0.29, 0.717) is 10.8 Å². The summed E-state index contributed by atoms with van der Waals surface area (Å²) in [6.45, 7) is 15.1. The Morgan fingerprint density at radius 2 is 1.67 bits per heavy atom. The highest BCUT2D eigenvalue weighted by molar-refractivity contribution is 5.27. The fourth-order valence-electron chi connectivity index (χ4n) is 9.15. The molecule has 4 rings (SSSR count). The van der Waals surface area contributed by atoms with Crippen LogP contribution in [0, 0.1) is 52.3 Å². The second-order valence-corrected chi connectivity index (χ2v) is 12.9. The van der Waals surface area contributed by atoms with E-state index in [9.17, 15) is 5.11 Å². The Kier molecular flexibility index (Phi) is 6.53. The van der Waals surface area contributed by atoms with Gasteiger partial charge in [-0.25, -0.2) is 0 Å². The lowest BCUT2D eigenvalue weighted by Gasteiger charge is -2.57. The quantitative estimate of drug-likeness (QED) is 0.436. The van der Waals surface area contributed by atoms with Crippen molar-refractivity contribution in [3.05, 3.63) is 11.6 Å². The third-order valence-electron chi connectivity index (χ3n) is 11.3. The number of aliphatic hydroxyl groups is 1. The second-order valence-electron chi connectivity index (χ2n) is 12.9. The van der Waals surface area contributed by atoms with E-state index < -0.39 is 0 Å². The molecule has 1 heteroatoms. The van der Waals surface area contributed by atoms with Crippen LogP contribution in [0.15, 0.2) is 11.6 Å². The number of fused-ring (bicyclic) bond motifs is 5. The van der Waals surface area contributed by atoms with Crippen molar-refractivity contribution in [2.75, 3.05) is 0 Å². The van der Waals surface area contributed by atoms with Crippen LogP contribution in [0.2, 0.25) is 0 Å². The molecule has 4 aliphatic rings. The third-order valence-corrected chi connectivity index (χ3v) is 11.3. The molecule has 3 fully saturated rings. The summed E-state index contributed by atoms with van der Waals surface area (Å²) < 4.78 is 0. The van der Waals surface area contributed by atoms with E-state index in [1.807, 2.05) is 5.57 Å². The van der Waals surface area contributed by atoms with Crippen molar-refractivity contribution in [3.63, 3.8) is 0 Å². The molecule has 0 amide bonds. The van der Waals surface area contributed by atoms with Gasteiger partial charge >= 0.3 is 0 Å². The minimum atomic E-state index is -0.0404. The van der Waals surface area contributed by atoms with E-state index in [1.165, 1.54) is 57.8 Å². The normalized spacial score (nSPS) is 45.3. The summed E-state index contributed by atoms with van der Waals surface area (Å²) in [5.74, 6) is 5.92. The molecule has 1 N–H and O–H groups in total. The van der Waals surface area contributed by atoms with Gasteiger partial charge in [0, 0.05) is 0 Å². The van der Waals surface area contributed by atoms with E-state index in [-0.39, 0.29) is 6.10 Å². The van der Waals surface area contributed by atoms with Crippen LogP contribution in [-0.2, 0) is 0 Å². The molecule has 0 unspecified atom stereocenters. The fourth-order valence-corrected chi connectivity index (χ4v) is 9.15. The first kappa shape index (κ1) is 22.9. The van der Waals surface area contributed by atoms with Crippen LogP contribution in [0.4, 0.5) is 0 Å². The summed E-state index contributed by atoms with van der Waals surface area (Å²) >= 11 is 0. The Balaban J connectivity index is 1.48. The second kappa shape index (κ2) is 8.57. The molecule has 172 valence electrons. The Labute approximate surface area is 187 Å². The molecule has 4 aliphatic carbocycles.